The minimum absolute atomic E-state index is 0.125. The summed E-state index contributed by atoms with van der Waals surface area (Å²) >= 11 is 0. The van der Waals surface area contributed by atoms with E-state index in [-0.39, 0.29) is 5.96 Å². The number of nitrogens with zero attached hydrogens (tertiary/aromatic N) is 1. The molecule has 4 heterocycles. The third-order valence-electron chi connectivity index (χ3n) is 5.28. The van der Waals surface area contributed by atoms with Gasteiger partial charge in [-0.05, 0) is 0 Å². The van der Waals surface area contributed by atoms with Crippen LogP contribution in [0.1, 0.15) is 0 Å². The van der Waals surface area contributed by atoms with Gasteiger partial charge in [0.25, 0.3) is 0 Å². The summed E-state index contributed by atoms with van der Waals surface area (Å²) < 4.78 is 10.4. The summed E-state index contributed by atoms with van der Waals surface area (Å²) in [5.74, 6) is -3.54. The number of aliphatic hydroxyl groups excluding tert-OH is 3. The zero-order valence-electron chi connectivity index (χ0n) is 11.3. The highest BCUT2D eigenvalue weighted by molar-refractivity contribution is 5.80. The Morgan fingerprint density at radius 1 is 1.23 bits per heavy atom. The fourth-order valence-electron chi connectivity index (χ4n) is 4.31. The molecule has 1 aliphatic carbocycles. The highest BCUT2D eigenvalue weighted by Gasteiger charge is 2.82. The van der Waals surface area contributed by atoms with Crippen LogP contribution in [0.25, 0.3) is 0 Å². The van der Waals surface area contributed by atoms with Gasteiger partial charge in [0.2, 0.25) is 0 Å². The first-order chi connectivity index (χ1) is 10.2. The van der Waals surface area contributed by atoms with Crippen LogP contribution in [0.5, 0.6) is 0 Å². The average molecular weight is 318 g/mol. The van der Waals surface area contributed by atoms with E-state index in [1.165, 1.54) is 0 Å². The van der Waals surface area contributed by atoms with Gasteiger partial charge in [0.15, 0.2) is 12.1 Å². The van der Waals surface area contributed by atoms with Crippen molar-refractivity contribution in [1.82, 2.24) is 5.32 Å². The largest absolute Gasteiger partial charge is 0.393 e. The highest BCUT2D eigenvalue weighted by Crippen LogP contribution is 2.58. The van der Waals surface area contributed by atoms with Gasteiger partial charge in [-0.15, -0.1) is 0 Å². The van der Waals surface area contributed by atoms with E-state index in [0.29, 0.717) is 0 Å². The summed E-state index contributed by atoms with van der Waals surface area (Å²) in [6.45, 7) is -0.802. The molecule has 0 radical (unpaired) electrons. The molecule has 10 N–H and O–H groups in total. The smallest absolute Gasteiger partial charge is 0.311 e. The lowest BCUT2D eigenvalue weighted by Crippen LogP contribution is -2.95. The van der Waals surface area contributed by atoms with E-state index in [4.69, 9.17) is 20.9 Å². The van der Waals surface area contributed by atoms with Crippen LogP contribution in [0, 0.1) is 5.92 Å². The molecule has 3 saturated heterocycles. The second-order valence-electron chi connectivity index (χ2n) is 6.29. The van der Waals surface area contributed by atoms with Crippen molar-refractivity contribution in [2.75, 3.05) is 6.61 Å². The SMILES string of the molecule is NC1=N[C@H](N)[C@H]2[C@H]3O[C@]4(O)O[C@H]([C@H](O)C2(N1)[C@@H]4O)[C@@]3(O)CO. The maximum Gasteiger partial charge on any atom is 0.311 e. The third-order valence-corrected chi connectivity index (χ3v) is 5.28. The topological polar surface area (TPSA) is 196 Å². The van der Waals surface area contributed by atoms with E-state index in [1.54, 1.807) is 0 Å². The molecule has 4 bridgehead atoms. The second-order valence-corrected chi connectivity index (χ2v) is 6.29. The van der Waals surface area contributed by atoms with E-state index >= 15 is 0 Å². The van der Waals surface area contributed by atoms with Gasteiger partial charge in [0.1, 0.15) is 35.6 Å². The van der Waals surface area contributed by atoms with Crippen LogP contribution < -0.4 is 16.8 Å². The van der Waals surface area contributed by atoms with Crippen LogP contribution in [0.15, 0.2) is 4.99 Å². The van der Waals surface area contributed by atoms with Gasteiger partial charge in [-0.2, -0.15) is 0 Å². The van der Waals surface area contributed by atoms with Crippen LogP contribution in [0.3, 0.4) is 0 Å². The highest BCUT2D eigenvalue weighted by atomic mass is 16.9. The van der Waals surface area contributed by atoms with Crippen LogP contribution in [-0.2, 0) is 9.47 Å². The van der Waals surface area contributed by atoms with Gasteiger partial charge >= 0.3 is 5.97 Å². The third kappa shape index (κ3) is 1.28. The molecule has 124 valence electrons. The monoisotopic (exact) mass is 318 g/mol. The Kier molecular flexibility index (Phi) is 2.57. The summed E-state index contributed by atoms with van der Waals surface area (Å²) in [7, 11) is 0. The van der Waals surface area contributed by atoms with E-state index in [1.807, 2.05) is 0 Å². The van der Waals surface area contributed by atoms with Crippen molar-refractivity contribution in [3.05, 3.63) is 0 Å². The Hall–Kier alpha value is -1.05. The molecule has 22 heavy (non-hydrogen) atoms. The Morgan fingerprint density at radius 2 is 1.86 bits per heavy atom. The van der Waals surface area contributed by atoms with Gasteiger partial charge in [-0.1, -0.05) is 0 Å². The Labute approximate surface area is 124 Å². The zero-order chi connectivity index (χ0) is 16.1. The number of hydrogen-bond acceptors (Lipinski definition) is 11. The quantitative estimate of drug-likeness (QED) is 0.231. The predicted molar refractivity (Wildman–Crippen MR) is 67.7 cm³/mol. The number of nitrogens with two attached hydrogens (primary N) is 2. The number of rotatable bonds is 1. The van der Waals surface area contributed by atoms with Gasteiger partial charge in [0.05, 0.1) is 12.5 Å². The summed E-state index contributed by atoms with van der Waals surface area (Å²) in [4.78, 5) is 3.92. The van der Waals surface area contributed by atoms with E-state index < -0.39 is 60.2 Å². The molecule has 4 aliphatic heterocycles. The number of ether oxygens (including phenoxy) is 2. The van der Waals surface area contributed by atoms with Crippen molar-refractivity contribution in [1.29, 1.82) is 0 Å². The minimum Gasteiger partial charge on any atom is -0.393 e. The first kappa shape index (κ1) is 14.5. The van der Waals surface area contributed by atoms with E-state index in [2.05, 4.69) is 10.3 Å². The van der Waals surface area contributed by atoms with Gasteiger partial charge in [-0.3, -0.25) is 0 Å². The molecule has 11 nitrogen and oxygen atoms in total. The molecule has 1 unspecified atom stereocenters. The Balaban J connectivity index is 1.95. The summed E-state index contributed by atoms with van der Waals surface area (Å²) in [6.07, 6.45) is -6.93. The molecule has 0 aromatic carbocycles. The molecule has 9 atom stereocenters. The maximum atomic E-state index is 10.7. The molecule has 5 rings (SSSR count). The van der Waals surface area contributed by atoms with Crippen LogP contribution in [-0.4, -0.2) is 85.8 Å². The summed E-state index contributed by atoms with van der Waals surface area (Å²) in [6, 6.07) is 0. The zero-order valence-corrected chi connectivity index (χ0v) is 11.3. The van der Waals surface area contributed by atoms with E-state index in [9.17, 15) is 25.5 Å². The molecule has 0 aromatic heterocycles. The standard InChI is InChI=1S/C11H18N4O7/c12-6-2-4-9(19,1-16)5-3(17)10(2,15-8(13)14-6)7(18)11(20,21-4)22-5/h2-7,16-20H,1,12H2,(H3,13,14,15)/t2-,3+,4-,5-,6+,7+,9-,10?,11+/m1/s1. The number of hydrogen-bond donors (Lipinski definition) is 8. The number of guanidine groups is 1. The lowest BCUT2D eigenvalue weighted by molar-refractivity contribution is -0.546. The number of aliphatic imine (C=N–C) groups is 1. The molecule has 0 aromatic rings. The lowest BCUT2D eigenvalue weighted by atomic mass is 9.55. The second kappa shape index (κ2) is 3.88. The van der Waals surface area contributed by atoms with E-state index in [0.717, 1.165) is 0 Å². The number of nitrogens with one attached hydrogen (secondary N) is 1. The van der Waals surface area contributed by atoms with Crippen LogP contribution in [0.4, 0.5) is 0 Å². The fourth-order valence-corrected chi connectivity index (χ4v) is 4.31. The van der Waals surface area contributed by atoms with Crippen molar-refractivity contribution in [3.63, 3.8) is 0 Å². The Bertz CT molecular complexity index is 563. The fraction of sp³-hybridized carbons (Fsp3) is 0.909. The molecule has 11 heteroatoms. The van der Waals surface area contributed by atoms with Gasteiger partial charge < -0.3 is 51.8 Å². The molecule has 1 saturated carbocycles. The molecule has 0 amide bonds. The number of aliphatic hydroxyl groups is 5. The van der Waals surface area contributed by atoms with Gasteiger partial charge in [-0.25, -0.2) is 4.99 Å². The van der Waals surface area contributed by atoms with Crippen molar-refractivity contribution in [3.8, 4) is 0 Å². The van der Waals surface area contributed by atoms with Crippen LogP contribution >= 0.6 is 0 Å². The van der Waals surface area contributed by atoms with Gasteiger partial charge in [0, 0.05) is 0 Å². The minimum atomic E-state index is -2.46. The molecular weight excluding hydrogens is 300 g/mol. The molecular formula is C11H18N4O7. The van der Waals surface area contributed by atoms with Crippen molar-refractivity contribution >= 4 is 5.96 Å². The summed E-state index contributed by atoms with van der Waals surface area (Å²) in [5.41, 5.74) is 7.96. The van der Waals surface area contributed by atoms with Crippen molar-refractivity contribution in [2.24, 2.45) is 22.4 Å². The van der Waals surface area contributed by atoms with Crippen molar-refractivity contribution < 1.29 is 35.0 Å². The maximum absolute atomic E-state index is 10.7. The first-order valence-corrected chi connectivity index (χ1v) is 6.85. The molecule has 4 fully saturated rings. The molecule has 5 aliphatic rings. The normalized spacial score (nSPS) is 62.4. The van der Waals surface area contributed by atoms with Crippen molar-refractivity contribution in [2.45, 2.75) is 47.7 Å². The Morgan fingerprint density at radius 3 is 2.50 bits per heavy atom. The predicted octanol–water partition coefficient (Wildman–Crippen LogP) is -5.55. The average Bonchev–Trinajstić information content (AvgIpc) is 2.45. The molecule has 1 spiro atoms. The van der Waals surface area contributed by atoms with Crippen LogP contribution in [0.2, 0.25) is 0 Å². The first-order valence-electron chi connectivity index (χ1n) is 6.85. The lowest BCUT2D eigenvalue weighted by Gasteiger charge is -2.71. The summed E-state index contributed by atoms with van der Waals surface area (Å²) in [5, 5.41) is 54.4.